The lowest BCUT2D eigenvalue weighted by Gasteiger charge is -2.03. The van der Waals surface area contributed by atoms with Crippen molar-refractivity contribution in [2.45, 2.75) is 6.42 Å². The first-order chi connectivity index (χ1) is 8.16. The van der Waals surface area contributed by atoms with E-state index in [0.29, 0.717) is 21.3 Å². The van der Waals surface area contributed by atoms with Crippen LogP contribution >= 0.6 is 23.2 Å². The van der Waals surface area contributed by atoms with Gasteiger partial charge in [0.15, 0.2) is 5.78 Å². The Balaban J connectivity index is 2.19. The lowest BCUT2D eigenvalue weighted by atomic mass is 10.1. The highest BCUT2D eigenvalue weighted by atomic mass is 35.5. The standard InChI is InChI=1S/C13H9Cl2NO/c14-10-6-11(15)12(16-8-10)7-13(17)9-4-2-1-3-5-9/h1-6,8H,7H2. The quantitative estimate of drug-likeness (QED) is 0.790. The number of benzene rings is 1. The molecule has 0 aliphatic rings. The minimum Gasteiger partial charge on any atom is -0.294 e. The summed E-state index contributed by atoms with van der Waals surface area (Å²) in [5, 5.41) is 0.882. The van der Waals surface area contributed by atoms with Crippen molar-refractivity contribution in [2.24, 2.45) is 0 Å². The van der Waals surface area contributed by atoms with E-state index in [9.17, 15) is 4.79 Å². The van der Waals surface area contributed by atoms with Crippen LogP contribution < -0.4 is 0 Å². The number of rotatable bonds is 3. The van der Waals surface area contributed by atoms with Gasteiger partial charge in [0.2, 0.25) is 0 Å². The van der Waals surface area contributed by atoms with Gasteiger partial charge in [0.1, 0.15) is 0 Å². The molecule has 2 aromatic rings. The van der Waals surface area contributed by atoms with Crippen LogP contribution in [0.15, 0.2) is 42.6 Å². The second-order valence-corrected chi connectivity index (χ2v) is 4.39. The van der Waals surface area contributed by atoms with Crippen LogP contribution in [-0.2, 0) is 6.42 Å². The van der Waals surface area contributed by atoms with Crippen molar-refractivity contribution in [3.05, 3.63) is 63.9 Å². The number of hydrogen-bond donors (Lipinski definition) is 0. The van der Waals surface area contributed by atoms with Crippen molar-refractivity contribution in [3.8, 4) is 0 Å². The predicted octanol–water partition coefficient (Wildman–Crippen LogP) is 3.81. The Kier molecular flexibility index (Phi) is 3.77. The molecule has 0 radical (unpaired) electrons. The number of ketones is 1. The normalized spacial score (nSPS) is 10.2. The molecule has 0 N–H and O–H groups in total. The first-order valence-corrected chi connectivity index (χ1v) is 5.80. The molecule has 0 atom stereocenters. The minimum atomic E-state index is -0.0117. The Labute approximate surface area is 109 Å². The Morgan fingerprint density at radius 2 is 1.88 bits per heavy atom. The monoisotopic (exact) mass is 265 g/mol. The molecule has 2 rings (SSSR count). The van der Waals surface area contributed by atoms with E-state index in [4.69, 9.17) is 23.2 Å². The van der Waals surface area contributed by atoms with Crippen molar-refractivity contribution < 1.29 is 4.79 Å². The summed E-state index contributed by atoms with van der Waals surface area (Å²) in [5.74, 6) is -0.0117. The fourth-order valence-electron chi connectivity index (χ4n) is 1.45. The second-order valence-electron chi connectivity index (χ2n) is 3.55. The second kappa shape index (κ2) is 5.30. The zero-order valence-corrected chi connectivity index (χ0v) is 10.4. The first-order valence-electron chi connectivity index (χ1n) is 5.05. The summed E-state index contributed by atoms with van der Waals surface area (Å²) >= 11 is 11.7. The van der Waals surface area contributed by atoms with Gasteiger partial charge in [-0.25, -0.2) is 0 Å². The molecule has 0 aliphatic heterocycles. The van der Waals surface area contributed by atoms with E-state index in [1.165, 1.54) is 6.20 Å². The van der Waals surface area contributed by atoms with Gasteiger partial charge in [0.05, 0.1) is 22.2 Å². The third kappa shape index (κ3) is 3.05. The SMILES string of the molecule is O=C(Cc1ncc(Cl)cc1Cl)c1ccccc1. The smallest absolute Gasteiger partial charge is 0.168 e. The van der Waals surface area contributed by atoms with Gasteiger partial charge in [-0.3, -0.25) is 9.78 Å². The molecule has 0 saturated heterocycles. The molecule has 0 fully saturated rings. The van der Waals surface area contributed by atoms with Crippen LogP contribution in [0.1, 0.15) is 16.1 Å². The number of carbonyl (C=O) groups is 1. The number of pyridine rings is 1. The molecule has 0 unspecified atom stereocenters. The van der Waals surface area contributed by atoms with Crippen molar-refractivity contribution in [3.63, 3.8) is 0 Å². The van der Waals surface area contributed by atoms with E-state index < -0.39 is 0 Å². The van der Waals surface area contributed by atoms with Gasteiger partial charge in [-0.1, -0.05) is 53.5 Å². The van der Waals surface area contributed by atoms with E-state index in [0.717, 1.165) is 0 Å². The van der Waals surface area contributed by atoms with Gasteiger partial charge in [-0.2, -0.15) is 0 Å². The Morgan fingerprint density at radius 3 is 2.53 bits per heavy atom. The number of halogens is 2. The fourth-order valence-corrected chi connectivity index (χ4v) is 1.90. The van der Waals surface area contributed by atoms with Crippen LogP contribution in [0.4, 0.5) is 0 Å². The van der Waals surface area contributed by atoms with Gasteiger partial charge >= 0.3 is 0 Å². The molecule has 0 spiro atoms. The summed E-state index contributed by atoms with van der Waals surface area (Å²) in [4.78, 5) is 16.0. The molecule has 17 heavy (non-hydrogen) atoms. The lowest BCUT2D eigenvalue weighted by Crippen LogP contribution is -2.05. The Morgan fingerprint density at radius 1 is 1.18 bits per heavy atom. The summed E-state index contributed by atoms with van der Waals surface area (Å²) in [6.07, 6.45) is 1.67. The molecule has 86 valence electrons. The molecule has 1 heterocycles. The molecule has 0 aliphatic carbocycles. The average molecular weight is 266 g/mol. The zero-order valence-electron chi connectivity index (χ0n) is 8.86. The highest BCUT2D eigenvalue weighted by Gasteiger charge is 2.10. The van der Waals surface area contributed by atoms with Crippen LogP contribution in [0.25, 0.3) is 0 Å². The average Bonchev–Trinajstić information content (AvgIpc) is 2.34. The molecule has 4 heteroatoms. The Bertz CT molecular complexity index is 540. The van der Waals surface area contributed by atoms with Gasteiger partial charge in [0.25, 0.3) is 0 Å². The topological polar surface area (TPSA) is 30.0 Å². The zero-order chi connectivity index (χ0) is 12.3. The first kappa shape index (κ1) is 12.1. The maximum Gasteiger partial charge on any atom is 0.168 e. The molecule has 1 aromatic heterocycles. The molecular weight excluding hydrogens is 257 g/mol. The van der Waals surface area contributed by atoms with Crippen molar-refractivity contribution in [1.29, 1.82) is 0 Å². The van der Waals surface area contributed by atoms with Crippen LogP contribution in [0, 0.1) is 0 Å². The van der Waals surface area contributed by atoms with Crippen molar-refractivity contribution in [1.82, 2.24) is 4.98 Å². The van der Waals surface area contributed by atoms with Gasteiger partial charge in [-0.05, 0) is 6.07 Å². The maximum atomic E-state index is 11.9. The lowest BCUT2D eigenvalue weighted by molar-refractivity contribution is 0.0992. The molecular formula is C13H9Cl2NO. The van der Waals surface area contributed by atoms with Gasteiger partial charge < -0.3 is 0 Å². The van der Waals surface area contributed by atoms with Crippen LogP contribution in [-0.4, -0.2) is 10.8 Å². The summed E-state index contributed by atoms with van der Waals surface area (Å²) < 4.78 is 0. The maximum absolute atomic E-state index is 11.9. The molecule has 2 nitrogen and oxygen atoms in total. The summed E-state index contributed by atoms with van der Waals surface area (Å²) in [5.41, 5.74) is 1.20. The van der Waals surface area contributed by atoms with Gasteiger partial charge in [-0.15, -0.1) is 0 Å². The van der Waals surface area contributed by atoms with E-state index >= 15 is 0 Å². The number of aromatic nitrogens is 1. The number of carbonyl (C=O) groups excluding carboxylic acids is 1. The predicted molar refractivity (Wildman–Crippen MR) is 68.7 cm³/mol. The van der Waals surface area contributed by atoms with Crippen molar-refractivity contribution >= 4 is 29.0 Å². The van der Waals surface area contributed by atoms with E-state index in [-0.39, 0.29) is 12.2 Å². The third-order valence-electron chi connectivity index (χ3n) is 2.31. The van der Waals surface area contributed by atoms with Crippen LogP contribution in [0.2, 0.25) is 10.0 Å². The van der Waals surface area contributed by atoms with E-state index in [1.54, 1.807) is 18.2 Å². The molecule has 1 aromatic carbocycles. The highest BCUT2D eigenvalue weighted by molar-refractivity contribution is 6.34. The summed E-state index contributed by atoms with van der Waals surface area (Å²) in [6.45, 7) is 0. The summed E-state index contributed by atoms with van der Waals surface area (Å²) in [6, 6.07) is 10.6. The summed E-state index contributed by atoms with van der Waals surface area (Å²) in [7, 11) is 0. The number of nitrogens with zero attached hydrogens (tertiary/aromatic N) is 1. The van der Waals surface area contributed by atoms with E-state index in [1.807, 2.05) is 18.2 Å². The minimum absolute atomic E-state index is 0.0117. The highest BCUT2D eigenvalue weighted by Crippen LogP contribution is 2.19. The molecule has 0 bridgehead atoms. The number of hydrogen-bond acceptors (Lipinski definition) is 2. The van der Waals surface area contributed by atoms with Gasteiger partial charge in [0, 0.05) is 11.8 Å². The molecule has 0 amide bonds. The molecule has 0 saturated carbocycles. The fraction of sp³-hybridized carbons (Fsp3) is 0.0769. The largest absolute Gasteiger partial charge is 0.294 e. The number of Topliss-reactive ketones (excluding diaryl/α,β-unsaturated/α-hetero) is 1. The van der Waals surface area contributed by atoms with Crippen LogP contribution in [0.5, 0.6) is 0 Å². The van der Waals surface area contributed by atoms with Crippen molar-refractivity contribution in [2.75, 3.05) is 0 Å². The van der Waals surface area contributed by atoms with Crippen LogP contribution in [0.3, 0.4) is 0 Å². The third-order valence-corrected chi connectivity index (χ3v) is 2.84. The van der Waals surface area contributed by atoms with E-state index in [2.05, 4.69) is 4.98 Å². The Hall–Kier alpha value is -1.38.